The van der Waals surface area contributed by atoms with Crippen molar-refractivity contribution in [3.05, 3.63) is 21.3 Å². The topological polar surface area (TPSA) is 17.1 Å². The van der Waals surface area contributed by atoms with Crippen LogP contribution in [0.25, 0.3) is 0 Å². The van der Waals surface area contributed by atoms with E-state index in [4.69, 9.17) is 11.6 Å². The third-order valence-electron chi connectivity index (χ3n) is 3.01. The normalized spacial score (nSPS) is 13.8. The van der Waals surface area contributed by atoms with E-state index in [9.17, 15) is 4.79 Å². The van der Waals surface area contributed by atoms with E-state index >= 15 is 0 Å². The molecule has 0 aliphatic carbocycles. The van der Waals surface area contributed by atoms with Gasteiger partial charge in [-0.15, -0.1) is 11.3 Å². The Bertz CT molecular complexity index is 362. The number of halogens is 1. The first-order valence-corrected chi connectivity index (χ1v) is 6.74. The summed E-state index contributed by atoms with van der Waals surface area (Å²) >= 11 is 7.32. The van der Waals surface area contributed by atoms with Crippen LogP contribution in [0.15, 0.2) is 12.1 Å². The molecule has 0 saturated heterocycles. The van der Waals surface area contributed by atoms with Gasteiger partial charge in [-0.3, -0.25) is 4.79 Å². The highest BCUT2D eigenvalue weighted by Gasteiger charge is 2.22. The lowest BCUT2D eigenvalue weighted by Gasteiger charge is -2.26. The van der Waals surface area contributed by atoms with Crippen LogP contribution in [0.1, 0.15) is 39.0 Å². The van der Waals surface area contributed by atoms with Crippen LogP contribution in [0.4, 0.5) is 0 Å². The van der Waals surface area contributed by atoms with Gasteiger partial charge in [0, 0.05) is 17.7 Å². The molecule has 0 aromatic carbocycles. The maximum atomic E-state index is 11.8. The van der Waals surface area contributed by atoms with E-state index in [1.807, 2.05) is 12.1 Å². The molecule has 1 atom stereocenters. The molecule has 1 aromatic rings. The molecule has 0 bridgehead atoms. The van der Waals surface area contributed by atoms with Crippen molar-refractivity contribution in [2.75, 3.05) is 0 Å². The standard InChI is InChI=1S/C13H19ClOS/c1-9(13(2,3)4)7-10(15)8-11-5-6-12(14)16-11/h5-6,9H,7-8H2,1-4H3. The molecule has 1 unspecified atom stereocenters. The Kier molecular flexibility index (Phi) is 4.57. The van der Waals surface area contributed by atoms with Gasteiger partial charge in [0.15, 0.2) is 0 Å². The third-order valence-corrected chi connectivity index (χ3v) is 4.24. The van der Waals surface area contributed by atoms with E-state index in [1.54, 1.807) is 0 Å². The minimum Gasteiger partial charge on any atom is -0.299 e. The Balaban J connectivity index is 2.48. The molecule has 1 rings (SSSR count). The van der Waals surface area contributed by atoms with Crippen molar-refractivity contribution >= 4 is 28.7 Å². The van der Waals surface area contributed by atoms with Crippen molar-refractivity contribution in [3.63, 3.8) is 0 Å². The minimum absolute atomic E-state index is 0.197. The highest BCUT2D eigenvalue weighted by molar-refractivity contribution is 7.16. The summed E-state index contributed by atoms with van der Waals surface area (Å²) in [4.78, 5) is 12.9. The molecule has 0 fully saturated rings. The number of hydrogen-bond donors (Lipinski definition) is 0. The van der Waals surface area contributed by atoms with Crippen LogP contribution in [-0.2, 0) is 11.2 Å². The predicted octanol–water partition coefficient (Wildman–Crippen LogP) is 4.59. The average Bonchev–Trinajstić information content (AvgIpc) is 2.49. The molecular weight excluding hydrogens is 240 g/mol. The fraction of sp³-hybridized carbons (Fsp3) is 0.615. The van der Waals surface area contributed by atoms with E-state index in [-0.39, 0.29) is 5.41 Å². The Morgan fingerprint density at radius 1 is 1.44 bits per heavy atom. The van der Waals surface area contributed by atoms with E-state index in [0.717, 1.165) is 9.21 Å². The molecule has 1 aromatic heterocycles. The first-order chi connectivity index (χ1) is 7.29. The summed E-state index contributed by atoms with van der Waals surface area (Å²) in [5.74, 6) is 0.719. The van der Waals surface area contributed by atoms with E-state index in [1.165, 1.54) is 11.3 Å². The van der Waals surface area contributed by atoms with Crippen LogP contribution < -0.4 is 0 Å². The molecule has 0 amide bonds. The largest absolute Gasteiger partial charge is 0.299 e. The van der Waals surface area contributed by atoms with E-state index in [2.05, 4.69) is 27.7 Å². The van der Waals surface area contributed by atoms with Gasteiger partial charge in [0.05, 0.1) is 4.34 Å². The second-order valence-electron chi connectivity index (χ2n) is 5.39. The number of carbonyl (C=O) groups excluding carboxylic acids is 1. The lowest BCUT2D eigenvalue weighted by atomic mass is 9.79. The number of carbonyl (C=O) groups is 1. The first-order valence-electron chi connectivity index (χ1n) is 5.55. The van der Waals surface area contributed by atoms with Gasteiger partial charge in [-0.25, -0.2) is 0 Å². The zero-order valence-corrected chi connectivity index (χ0v) is 11.9. The van der Waals surface area contributed by atoms with Gasteiger partial charge in [0.2, 0.25) is 0 Å². The third kappa shape index (κ3) is 4.26. The number of rotatable bonds is 4. The highest BCUT2D eigenvalue weighted by atomic mass is 35.5. The predicted molar refractivity (Wildman–Crippen MR) is 71.3 cm³/mol. The molecule has 0 aliphatic heterocycles. The summed E-state index contributed by atoms with van der Waals surface area (Å²) in [5, 5.41) is 0. The van der Waals surface area contributed by atoms with Crippen LogP contribution in [0.3, 0.4) is 0 Å². The average molecular weight is 259 g/mol. The zero-order valence-electron chi connectivity index (χ0n) is 10.3. The van der Waals surface area contributed by atoms with Crippen LogP contribution >= 0.6 is 22.9 Å². The molecule has 90 valence electrons. The second-order valence-corrected chi connectivity index (χ2v) is 7.19. The number of hydrogen-bond acceptors (Lipinski definition) is 2. The van der Waals surface area contributed by atoms with Crippen molar-refractivity contribution < 1.29 is 4.79 Å². The molecule has 0 aliphatic rings. The fourth-order valence-electron chi connectivity index (χ4n) is 1.36. The second kappa shape index (κ2) is 5.33. The van der Waals surface area contributed by atoms with Crippen molar-refractivity contribution in [1.82, 2.24) is 0 Å². The van der Waals surface area contributed by atoms with Gasteiger partial charge in [0.25, 0.3) is 0 Å². The molecule has 16 heavy (non-hydrogen) atoms. The molecule has 0 saturated carbocycles. The lowest BCUT2D eigenvalue weighted by Crippen LogP contribution is -2.21. The maximum absolute atomic E-state index is 11.8. The van der Waals surface area contributed by atoms with Gasteiger partial charge < -0.3 is 0 Å². The molecule has 1 heterocycles. The highest BCUT2D eigenvalue weighted by Crippen LogP contribution is 2.29. The monoisotopic (exact) mass is 258 g/mol. The van der Waals surface area contributed by atoms with Crippen molar-refractivity contribution in [1.29, 1.82) is 0 Å². The number of thiophene rings is 1. The maximum Gasteiger partial charge on any atom is 0.138 e. The summed E-state index contributed by atoms with van der Waals surface area (Å²) in [5.41, 5.74) is 0.197. The fourth-order valence-corrected chi connectivity index (χ4v) is 2.48. The van der Waals surface area contributed by atoms with E-state index in [0.29, 0.717) is 24.5 Å². The van der Waals surface area contributed by atoms with Gasteiger partial charge in [-0.1, -0.05) is 39.3 Å². The molecule has 1 nitrogen and oxygen atoms in total. The van der Waals surface area contributed by atoms with Crippen molar-refractivity contribution in [3.8, 4) is 0 Å². The van der Waals surface area contributed by atoms with Gasteiger partial charge in [-0.2, -0.15) is 0 Å². The van der Waals surface area contributed by atoms with Crippen LogP contribution in [-0.4, -0.2) is 5.78 Å². The molecule has 3 heteroatoms. The van der Waals surface area contributed by atoms with Crippen molar-refractivity contribution in [2.24, 2.45) is 11.3 Å². The number of ketones is 1. The first kappa shape index (κ1) is 13.7. The smallest absolute Gasteiger partial charge is 0.138 e. The summed E-state index contributed by atoms with van der Waals surface area (Å²) < 4.78 is 0.756. The van der Waals surface area contributed by atoms with Gasteiger partial charge in [0.1, 0.15) is 5.78 Å². The van der Waals surface area contributed by atoms with Crippen molar-refractivity contribution in [2.45, 2.75) is 40.5 Å². The van der Waals surface area contributed by atoms with Crippen LogP contribution in [0.2, 0.25) is 4.34 Å². The summed E-state index contributed by atoms with van der Waals surface area (Å²) in [6, 6.07) is 3.79. The Morgan fingerprint density at radius 3 is 2.50 bits per heavy atom. The van der Waals surface area contributed by atoms with Crippen LogP contribution in [0, 0.1) is 11.3 Å². The minimum atomic E-state index is 0.197. The van der Waals surface area contributed by atoms with E-state index < -0.39 is 0 Å². The van der Waals surface area contributed by atoms with Crippen LogP contribution in [0.5, 0.6) is 0 Å². The Hall–Kier alpha value is -0.340. The van der Waals surface area contributed by atoms with Gasteiger partial charge in [-0.05, 0) is 23.5 Å². The summed E-state index contributed by atoms with van der Waals surface area (Å²) in [6.07, 6.45) is 1.18. The summed E-state index contributed by atoms with van der Waals surface area (Å²) in [7, 11) is 0. The molecular formula is C13H19ClOS. The lowest BCUT2D eigenvalue weighted by molar-refractivity contribution is -0.119. The SMILES string of the molecule is CC(CC(=O)Cc1ccc(Cl)s1)C(C)(C)C. The Labute approximate surface area is 107 Å². The molecule has 0 N–H and O–H groups in total. The van der Waals surface area contributed by atoms with Gasteiger partial charge >= 0.3 is 0 Å². The number of Topliss-reactive ketones (excluding diaryl/α,β-unsaturated/α-hetero) is 1. The molecule has 0 radical (unpaired) electrons. The zero-order chi connectivity index (χ0) is 12.3. The summed E-state index contributed by atoms with van der Waals surface area (Å²) in [6.45, 7) is 8.66. The quantitative estimate of drug-likeness (QED) is 0.772. The Morgan fingerprint density at radius 2 is 2.06 bits per heavy atom. The molecule has 0 spiro atoms.